The van der Waals surface area contributed by atoms with Gasteiger partial charge in [-0.3, -0.25) is 18.8 Å². The molecule has 0 spiro atoms. The summed E-state index contributed by atoms with van der Waals surface area (Å²) in [6.07, 6.45) is 3.36. The van der Waals surface area contributed by atoms with Crippen LogP contribution in [-0.4, -0.2) is 95.7 Å². The molecule has 0 atom stereocenters. The van der Waals surface area contributed by atoms with E-state index in [4.69, 9.17) is 0 Å². The fourth-order valence-corrected chi connectivity index (χ4v) is 3.21. The molecule has 3 heterocycles. The summed E-state index contributed by atoms with van der Waals surface area (Å²) in [5.41, 5.74) is 0.863. The Morgan fingerprint density at radius 2 is 1.96 bits per heavy atom. The van der Waals surface area contributed by atoms with Gasteiger partial charge in [-0.15, -0.1) is 0 Å². The third-order valence-corrected chi connectivity index (χ3v) is 4.77. The third kappa shape index (κ3) is 4.30. The molecule has 0 bridgehead atoms. The first-order chi connectivity index (χ1) is 13.5. The number of fused-ring (bicyclic) bond motifs is 1. The number of pyridine rings is 1. The summed E-state index contributed by atoms with van der Waals surface area (Å²) in [6, 6.07) is 5.40. The van der Waals surface area contributed by atoms with Gasteiger partial charge in [0.05, 0.1) is 5.52 Å². The minimum Gasteiger partial charge on any atom is -0.349 e. The zero-order valence-corrected chi connectivity index (χ0v) is 16.3. The van der Waals surface area contributed by atoms with Gasteiger partial charge >= 0.3 is 0 Å². The van der Waals surface area contributed by atoms with Gasteiger partial charge in [-0.1, -0.05) is 6.07 Å². The van der Waals surface area contributed by atoms with Crippen molar-refractivity contribution in [2.24, 2.45) is 0 Å². The minimum absolute atomic E-state index is 0.204. The molecular formula is C19H26N6O3. The molecule has 0 radical (unpaired) electrons. The lowest BCUT2D eigenvalue weighted by molar-refractivity contribution is -0.119. The molecule has 150 valence electrons. The Labute approximate surface area is 163 Å². The lowest BCUT2D eigenvalue weighted by Crippen LogP contribution is -2.48. The van der Waals surface area contributed by atoms with E-state index in [0.29, 0.717) is 38.2 Å². The van der Waals surface area contributed by atoms with Crippen molar-refractivity contribution in [3.05, 3.63) is 35.9 Å². The molecule has 2 aromatic heterocycles. The van der Waals surface area contributed by atoms with Crippen LogP contribution in [0.3, 0.4) is 0 Å². The Balaban J connectivity index is 1.77. The summed E-state index contributed by atoms with van der Waals surface area (Å²) in [5, 5.41) is 2.87. The molecule has 1 saturated heterocycles. The van der Waals surface area contributed by atoms with Crippen LogP contribution in [0.5, 0.6) is 0 Å². The van der Waals surface area contributed by atoms with Crippen LogP contribution in [-0.2, 0) is 4.79 Å². The number of nitrogens with one attached hydrogen (secondary N) is 1. The lowest BCUT2D eigenvalue weighted by atomic mass is 10.2. The van der Waals surface area contributed by atoms with Crippen molar-refractivity contribution in [3.63, 3.8) is 0 Å². The Kier molecular flexibility index (Phi) is 6.25. The average molecular weight is 386 g/mol. The van der Waals surface area contributed by atoms with Gasteiger partial charge in [0.25, 0.3) is 11.8 Å². The predicted molar refractivity (Wildman–Crippen MR) is 104 cm³/mol. The van der Waals surface area contributed by atoms with Gasteiger partial charge in [0.1, 0.15) is 0 Å². The second kappa shape index (κ2) is 8.83. The van der Waals surface area contributed by atoms with E-state index in [1.807, 2.05) is 20.2 Å². The number of nitrogens with zero attached hydrogens (tertiary/aromatic N) is 5. The summed E-state index contributed by atoms with van der Waals surface area (Å²) in [6.45, 7) is 3.32. The van der Waals surface area contributed by atoms with E-state index in [2.05, 4.69) is 15.2 Å². The van der Waals surface area contributed by atoms with Crippen LogP contribution >= 0.6 is 0 Å². The van der Waals surface area contributed by atoms with E-state index >= 15 is 0 Å². The quantitative estimate of drug-likeness (QED) is 0.531. The minimum atomic E-state index is -0.301. The van der Waals surface area contributed by atoms with Crippen molar-refractivity contribution < 1.29 is 14.4 Å². The zero-order chi connectivity index (χ0) is 20.1. The van der Waals surface area contributed by atoms with Crippen LogP contribution in [0.2, 0.25) is 0 Å². The predicted octanol–water partition coefficient (Wildman–Crippen LogP) is -0.0700. The van der Waals surface area contributed by atoms with Crippen LogP contribution in [0.1, 0.15) is 27.5 Å². The van der Waals surface area contributed by atoms with Crippen LogP contribution in [0.25, 0.3) is 5.52 Å². The van der Waals surface area contributed by atoms with E-state index in [1.165, 1.54) is 0 Å². The van der Waals surface area contributed by atoms with Crippen molar-refractivity contribution in [1.82, 2.24) is 29.4 Å². The van der Waals surface area contributed by atoms with Gasteiger partial charge in [-0.2, -0.15) is 0 Å². The summed E-state index contributed by atoms with van der Waals surface area (Å²) >= 11 is 0. The maximum absolute atomic E-state index is 13.0. The van der Waals surface area contributed by atoms with Crippen molar-refractivity contribution in [1.29, 1.82) is 0 Å². The van der Waals surface area contributed by atoms with Crippen LogP contribution in [0, 0.1) is 0 Å². The molecule has 9 heteroatoms. The monoisotopic (exact) mass is 386 g/mol. The van der Waals surface area contributed by atoms with Crippen LogP contribution < -0.4 is 5.32 Å². The van der Waals surface area contributed by atoms with Gasteiger partial charge in [-0.25, -0.2) is 4.98 Å². The first-order valence-electron chi connectivity index (χ1n) is 9.40. The normalized spacial score (nSPS) is 14.5. The second-order valence-electron chi connectivity index (χ2n) is 7.09. The Morgan fingerprint density at radius 3 is 2.64 bits per heavy atom. The second-order valence-corrected chi connectivity index (χ2v) is 7.09. The Bertz CT molecular complexity index is 854. The number of rotatable bonds is 7. The highest BCUT2D eigenvalue weighted by molar-refractivity contribution is 6.02. The van der Waals surface area contributed by atoms with Crippen molar-refractivity contribution in [2.75, 3.05) is 53.4 Å². The smallest absolute Gasteiger partial charge is 0.287 e. The highest BCUT2D eigenvalue weighted by Gasteiger charge is 2.27. The van der Waals surface area contributed by atoms with Crippen LogP contribution in [0.4, 0.5) is 0 Å². The molecular weight excluding hydrogens is 360 g/mol. The molecule has 9 nitrogen and oxygen atoms in total. The number of aromatic nitrogens is 2. The summed E-state index contributed by atoms with van der Waals surface area (Å²) < 4.78 is 1.65. The molecule has 0 unspecified atom stereocenters. The number of carbonyl (C=O) groups is 3. The molecule has 3 rings (SSSR count). The van der Waals surface area contributed by atoms with Crippen LogP contribution in [0.15, 0.2) is 24.4 Å². The van der Waals surface area contributed by atoms with Crippen molar-refractivity contribution in [3.8, 4) is 0 Å². The molecule has 1 aliphatic rings. The van der Waals surface area contributed by atoms with Crippen molar-refractivity contribution >= 4 is 23.7 Å². The maximum atomic E-state index is 13.0. The van der Waals surface area contributed by atoms with Gasteiger partial charge in [0, 0.05) is 38.9 Å². The highest BCUT2D eigenvalue weighted by atomic mass is 16.2. The molecule has 1 N–H and O–H groups in total. The molecule has 3 amide bonds. The first kappa shape index (κ1) is 19.8. The number of hydrogen-bond acceptors (Lipinski definition) is 5. The fraction of sp³-hybridized carbons (Fsp3) is 0.474. The molecule has 0 aliphatic carbocycles. The molecule has 0 saturated carbocycles. The highest BCUT2D eigenvalue weighted by Crippen LogP contribution is 2.16. The van der Waals surface area contributed by atoms with Gasteiger partial charge in [-0.05, 0) is 39.2 Å². The number of amides is 3. The summed E-state index contributed by atoms with van der Waals surface area (Å²) in [7, 11) is 3.97. The van der Waals surface area contributed by atoms with E-state index in [9.17, 15) is 14.4 Å². The number of piperazine rings is 1. The topological polar surface area (TPSA) is 90.3 Å². The summed E-state index contributed by atoms with van der Waals surface area (Å²) in [5.74, 6) is -0.319. The standard InChI is InChI=1S/C19H26N6O3/c1-22(2)8-5-7-20-18(27)17-21-16(15-6-3-4-9-25(15)17)19(28)24-12-10-23(14-26)11-13-24/h3-4,6,9,14H,5,7-8,10-13H2,1-2H3,(H,20,27). The Hall–Kier alpha value is -2.94. The lowest BCUT2D eigenvalue weighted by Gasteiger charge is -2.32. The van der Waals surface area contributed by atoms with Crippen molar-refractivity contribution in [2.45, 2.75) is 6.42 Å². The van der Waals surface area contributed by atoms with E-state index in [0.717, 1.165) is 19.4 Å². The zero-order valence-electron chi connectivity index (χ0n) is 16.3. The molecule has 1 fully saturated rings. The first-order valence-corrected chi connectivity index (χ1v) is 9.40. The number of carbonyl (C=O) groups excluding carboxylic acids is 3. The summed E-state index contributed by atoms with van der Waals surface area (Å²) in [4.78, 5) is 46.2. The number of hydrogen-bond donors (Lipinski definition) is 1. The molecule has 2 aromatic rings. The SMILES string of the molecule is CN(C)CCCNC(=O)c1nc(C(=O)N2CCN(C=O)CC2)c2ccccn12. The van der Waals surface area contributed by atoms with Gasteiger partial charge in [0.15, 0.2) is 5.69 Å². The molecule has 0 aromatic carbocycles. The average Bonchev–Trinajstić information content (AvgIpc) is 3.10. The third-order valence-electron chi connectivity index (χ3n) is 4.77. The Morgan fingerprint density at radius 1 is 1.21 bits per heavy atom. The largest absolute Gasteiger partial charge is 0.349 e. The van der Waals surface area contributed by atoms with Gasteiger partial charge in [0.2, 0.25) is 12.2 Å². The fourth-order valence-electron chi connectivity index (χ4n) is 3.21. The molecule has 1 aliphatic heterocycles. The van der Waals surface area contributed by atoms with E-state index in [1.54, 1.807) is 32.5 Å². The van der Waals surface area contributed by atoms with E-state index in [-0.39, 0.29) is 23.3 Å². The van der Waals surface area contributed by atoms with E-state index < -0.39 is 0 Å². The molecule has 28 heavy (non-hydrogen) atoms. The van der Waals surface area contributed by atoms with Gasteiger partial charge < -0.3 is 20.0 Å². The maximum Gasteiger partial charge on any atom is 0.287 e. The number of imidazole rings is 1.